The Labute approximate surface area is 185 Å². The number of hydrogen-bond donors (Lipinski definition) is 1. The summed E-state index contributed by atoms with van der Waals surface area (Å²) < 4.78 is 15.1. The Kier molecular flexibility index (Phi) is 6.70. The summed E-state index contributed by atoms with van der Waals surface area (Å²) in [6, 6.07) is 10.4. The molecule has 0 spiro atoms. The maximum Gasteiger partial charge on any atom is 0.333 e. The lowest BCUT2D eigenvalue weighted by atomic mass is 10.2. The number of aromatic nitrogens is 2. The molecule has 1 heterocycles. The average Bonchev–Trinajstić information content (AvgIpc) is 2.71. The van der Waals surface area contributed by atoms with Crippen molar-refractivity contribution in [3.05, 3.63) is 90.3 Å². The predicted octanol–water partition coefficient (Wildman–Crippen LogP) is 4.25. The molecule has 3 rings (SSSR count). The average molecular weight is 468 g/mol. The van der Waals surface area contributed by atoms with E-state index in [0.717, 1.165) is 26.5 Å². The van der Waals surface area contributed by atoms with Gasteiger partial charge in [0.1, 0.15) is 16.4 Å². The van der Waals surface area contributed by atoms with Crippen molar-refractivity contribution in [1.82, 2.24) is 9.13 Å². The van der Waals surface area contributed by atoms with E-state index in [9.17, 15) is 19.1 Å². The number of halogens is 3. The molecule has 0 bridgehead atoms. The van der Waals surface area contributed by atoms with E-state index < -0.39 is 22.9 Å². The quantitative estimate of drug-likeness (QED) is 0.459. The fourth-order valence-corrected chi connectivity index (χ4v) is 4.19. The van der Waals surface area contributed by atoms with Crippen LogP contribution in [0.4, 0.5) is 10.1 Å². The van der Waals surface area contributed by atoms with E-state index in [1.54, 1.807) is 18.2 Å². The van der Waals surface area contributed by atoms with Gasteiger partial charge in [0.2, 0.25) is 5.88 Å². The van der Waals surface area contributed by atoms with Gasteiger partial charge in [-0.1, -0.05) is 29.3 Å². The van der Waals surface area contributed by atoms with Gasteiger partial charge in [-0.2, -0.15) is 0 Å². The monoisotopic (exact) mass is 467 g/mol. The molecule has 1 aromatic heterocycles. The van der Waals surface area contributed by atoms with Gasteiger partial charge in [0, 0.05) is 29.9 Å². The number of hydrogen-bond acceptors (Lipinski definition) is 5. The van der Waals surface area contributed by atoms with Crippen LogP contribution in [0.15, 0.2) is 57.0 Å². The van der Waals surface area contributed by atoms with Crippen LogP contribution >= 0.6 is 35.0 Å². The first-order chi connectivity index (χ1) is 14.2. The van der Waals surface area contributed by atoms with Crippen LogP contribution in [0.5, 0.6) is 5.88 Å². The summed E-state index contributed by atoms with van der Waals surface area (Å²) in [4.78, 5) is 29.3. The number of thioether (sulfide) groups is 1. The maximum absolute atomic E-state index is 13.3. The fraction of sp³-hybridized carbons (Fsp3) is 0.150. The van der Waals surface area contributed by atoms with Crippen LogP contribution in [0, 0.1) is 5.82 Å². The minimum Gasteiger partial charge on any atom is -0.494 e. The first-order valence-corrected chi connectivity index (χ1v) is 10.3. The zero-order valence-electron chi connectivity index (χ0n) is 15.9. The first kappa shape index (κ1) is 22.1. The second-order valence-corrected chi connectivity index (χ2v) is 8.13. The number of rotatable bonds is 4. The van der Waals surface area contributed by atoms with E-state index in [1.807, 2.05) is 0 Å². The Bertz CT molecular complexity index is 1250. The normalized spacial score (nSPS) is 11.7. The van der Waals surface area contributed by atoms with Crippen LogP contribution in [0.25, 0.3) is 0 Å². The summed E-state index contributed by atoms with van der Waals surface area (Å²) in [5.74, 6) is -0.641. The van der Waals surface area contributed by atoms with E-state index in [4.69, 9.17) is 23.2 Å². The molecule has 0 saturated carbocycles. The predicted molar refractivity (Wildman–Crippen MR) is 119 cm³/mol. The molecule has 3 aromatic rings. The lowest BCUT2D eigenvalue weighted by molar-refractivity contribution is 0.410. The molecule has 0 atom stereocenters. The van der Waals surface area contributed by atoms with Crippen molar-refractivity contribution in [2.75, 3.05) is 0 Å². The molecule has 0 unspecified atom stereocenters. The summed E-state index contributed by atoms with van der Waals surface area (Å²) in [6.45, 7) is 0. The lowest BCUT2D eigenvalue weighted by Crippen LogP contribution is -2.39. The van der Waals surface area contributed by atoms with Crippen LogP contribution in [-0.4, -0.2) is 19.3 Å². The molecule has 0 aliphatic rings. The van der Waals surface area contributed by atoms with E-state index in [1.165, 1.54) is 38.4 Å². The van der Waals surface area contributed by atoms with E-state index in [-0.39, 0.29) is 10.6 Å². The zero-order valence-corrected chi connectivity index (χ0v) is 18.2. The second-order valence-electron chi connectivity index (χ2n) is 6.32. The molecule has 0 aliphatic heterocycles. The highest BCUT2D eigenvalue weighted by Crippen LogP contribution is 2.29. The summed E-state index contributed by atoms with van der Waals surface area (Å²) in [5.41, 5.74) is -0.409. The fourth-order valence-electron chi connectivity index (χ4n) is 2.60. The molecule has 0 saturated heterocycles. The summed E-state index contributed by atoms with van der Waals surface area (Å²) in [5, 5.41) is 11.6. The van der Waals surface area contributed by atoms with Gasteiger partial charge >= 0.3 is 5.69 Å². The number of aliphatic imine (C=N–C) groups is 1. The molecular weight excluding hydrogens is 452 g/mol. The lowest BCUT2D eigenvalue weighted by Gasteiger charge is -2.13. The molecule has 0 amide bonds. The number of nitrogens with zero attached hydrogens (tertiary/aromatic N) is 3. The van der Waals surface area contributed by atoms with Gasteiger partial charge in [0.25, 0.3) is 5.56 Å². The summed E-state index contributed by atoms with van der Waals surface area (Å²) in [7, 11) is 2.65. The molecule has 10 heteroatoms. The minimum atomic E-state index is -0.703. The van der Waals surface area contributed by atoms with Crippen molar-refractivity contribution in [3.63, 3.8) is 0 Å². The van der Waals surface area contributed by atoms with Crippen LogP contribution in [0.3, 0.4) is 0 Å². The number of benzene rings is 2. The summed E-state index contributed by atoms with van der Waals surface area (Å²) in [6.07, 6.45) is 0. The molecule has 30 heavy (non-hydrogen) atoms. The maximum atomic E-state index is 13.3. The smallest absolute Gasteiger partial charge is 0.333 e. The van der Waals surface area contributed by atoms with Gasteiger partial charge in [0.05, 0.1) is 5.69 Å². The summed E-state index contributed by atoms with van der Waals surface area (Å²) >= 11 is 13.3. The SMILES string of the molecule is Cn1c(O)c(C(=Nc2ccc(F)cc2)SCc2ccc(Cl)cc2Cl)c(=O)n(C)c1=O. The standard InChI is InChI=1S/C20H16Cl2FN3O3S/c1-25-18(27)16(19(28)26(2)20(25)29)17(24-14-7-5-13(23)6-8-14)30-10-11-3-4-12(21)9-15(11)22/h3-9,27H,10H2,1-2H3. The molecule has 1 N–H and O–H groups in total. The Balaban J connectivity index is 2.12. The highest BCUT2D eigenvalue weighted by Gasteiger charge is 2.21. The Morgan fingerprint density at radius 2 is 1.77 bits per heavy atom. The molecule has 6 nitrogen and oxygen atoms in total. The van der Waals surface area contributed by atoms with E-state index >= 15 is 0 Å². The topological polar surface area (TPSA) is 76.6 Å². The van der Waals surface area contributed by atoms with Gasteiger partial charge < -0.3 is 5.11 Å². The van der Waals surface area contributed by atoms with Crippen LogP contribution in [0.2, 0.25) is 10.0 Å². The van der Waals surface area contributed by atoms with Gasteiger partial charge in [-0.15, -0.1) is 11.8 Å². The third kappa shape index (κ3) is 4.61. The van der Waals surface area contributed by atoms with E-state index in [0.29, 0.717) is 21.5 Å². The molecule has 156 valence electrons. The number of aromatic hydroxyl groups is 1. The molecule has 0 aliphatic carbocycles. The van der Waals surface area contributed by atoms with Gasteiger partial charge in [-0.25, -0.2) is 14.2 Å². The van der Waals surface area contributed by atoms with Crippen molar-refractivity contribution in [1.29, 1.82) is 0 Å². The van der Waals surface area contributed by atoms with Crippen molar-refractivity contribution >= 4 is 45.7 Å². The zero-order chi connectivity index (χ0) is 22.0. The van der Waals surface area contributed by atoms with Crippen molar-refractivity contribution < 1.29 is 9.50 Å². The van der Waals surface area contributed by atoms with E-state index in [2.05, 4.69) is 4.99 Å². The Morgan fingerprint density at radius 1 is 1.10 bits per heavy atom. The Hall–Kier alpha value is -2.55. The largest absolute Gasteiger partial charge is 0.494 e. The van der Waals surface area contributed by atoms with Crippen molar-refractivity contribution in [2.24, 2.45) is 19.1 Å². The van der Waals surface area contributed by atoms with Crippen LogP contribution in [0.1, 0.15) is 11.1 Å². The van der Waals surface area contributed by atoms with Crippen molar-refractivity contribution in [3.8, 4) is 5.88 Å². The van der Waals surface area contributed by atoms with Gasteiger partial charge in [-0.05, 0) is 42.0 Å². The first-order valence-electron chi connectivity index (χ1n) is 8.59. The van der Waals surface area contributed by atoms with Crippen LogP contribution < -0.4 is 11.2 Å². The molecule has 2 aromatic carbocycles. The third-order valence-corrected chi connectivity index (χ3v) is 5.90. The third-order valence-electron chi connectivity index (χ3n) is 4.28. The minimum absolute atomic E-state index is 0.140. The van der Waals surface area contributed by atoms with Gasteiger partial charge in [0.15, 0.2) is 0 Å². The van der Waals surface area contributed by atoms with Gasteiger partial charge in [-0.3, -0.25) is 13.9 Å². The molecular formula is C20H16Cl2FN3O3S. The highest BCUT2D eigenvalue weighted by molar-refractivity contribution is 8.13. The molecule has 0 radical (unpaired) electrons. The second kappa shape index (κ2) is 9.07. The Morgan fingerprint density at radius 3 is 2.40 bits per heavy atom. The van der Waals surface area contributed by atoms with Crippen LogP contribution in [-0.2, 0) is 19.8 Å². The highest BCUT2D eigenvalue weighted by atomic mass is 35.5. The molecule has 0 fully saturated rings. The van der Waals surface area contributed by atoms with Crippen molar-refractivity contribution in [2.45, 2.75) is 5.75 Å².